The van der Waals surface area contributed by atoms with E-state index in [9.17, 15) is 4.79 Å². The van der Waals surface area contributed by atoms with E-state index in [0.717, 1.165) is 71.4 Å². The minimum atomic E-state index is -0.0679. The summed E-state index contributed by atoms with van der Waals surface area (Å²) in [7, 11) is 0. The van der Waals surface area contributed by atoms with Crippen molar-refractivity contribution in [1.29, 1.82) is 0 Å². The summed E-state index contributed by atoms with van der Waals surface area (Å²) in [5.41, 5.74) is 13.4. The summed E-state index contributed by atoms with van der Waals surface area (Å²) in [4.78, 5) is 27.9. The standard InChI is InChI=1S/C29H29N9O/c1-2-22-25(19-12-20-9-10-21(13-19)37(20)29(39)27-32-16-33-36-27)35-28-23(15-34-38(28)26(22)30)18-8-11-24(31-14-18)17-6-4-3-5-7-17/h3-8,11,14-16,19-21H,2,9-10,12-13,30H2,1H3,(H,32,33,36)/t19-,20-,21+. The topological polar surface area (TPSA) is 131 Å². The lowest BCUT2D eigenvalue weighted by atomic mass is 9.85. The Bertz CT molecular complexity index is 1630. The third kappa shape index (κ3) is 3.86. The van der Waals surface area contributed by atoms with E-state index in [-0.39, 0.29) is 23.9 Å². The maximum Gasteiger partial charge on any atom is 0.292 e. The first-order valence-electron chi connectivity index (χ1n) is 13.5. The quantitative estimate of drug-likeness (QED) is 0.354. The Kier molecular flexibility index (Phi) is 5.61. The molecule has 4 aromatic heterocycles. The monoisotopic (exact) mass is 519 g/mol. The van der Waals surface area contributed by atoms with Crippen LogP contribution in [0.4, 0.5) is 5.82 Å². The maximum absolute atomic E-state index is 13.1. The van der Waals surface area contributed by atoms with E-state index in [4.69, 9.17) is 15.7 Å². The molecule has 0 spiro atoms. The van der Waals surface area contributed by atoms with Gasteiger partial charge >= 0.3 is 0 Å². The van der Waals surface area contributed by atoms with Crippen molar-refractivity contribution in [1.82, 2.24) is 39.7 Å². The first-order valence-corrected chi connectivity index (χ1v) is 13.5. The molecule has 10 nitrogen and oxygen atoms in total. The van der Waals surface area contributed by atoms with Gasteiger partial charge in [0.1, 0.15) is 12.1 Å². The van der Waals surface area contributed by atoms with Gasteiger partial charge in [-0.25, -0.2) is 4.98 Å². The predicted molar refractivity (Wildman–Crippen MR) is 147 cm³/mol. The second kappa shape index (κ2) is 9.30. The van der Waals surface area contributed by atoms with Gasteiger partial charge in [-0.3, -0.25) is 9.78 Å². The van der Waals surface area contributed by atoms with Crippen LogP contribution in [0, 0.1) is 0 Å². The van der Waals surface area contributed by atoms with Crippen molar-refractivity contribution in [3.05, 3.63) is 78.3 Å². The fourth-order valence-corrected chi connectivity index (χ4v) is 6.47. The number of nitrogens with zero attached hydrogens (tertiary/aromatic N) is 7. The molecule has 2 fully saturated rings. The summed E-state index contributed by atoms with van der Waals surface area (Å²) >= 11 is 0. The van der Waals surface area contributed by atoms with E-state index in [0.29, 0.717) is 11.6 Å². The molecule has 6 heterocycles. The Labute approximate surface area is 225 Å². The van der Waals surface area contributed by atoms with Gasteiger partial charge in [0.25, 0.3) is 5.91 Å². The zero-order valence-electron chi connectivity index (χ0n) is 21.7. The van der Waals surface area contributed by atoms with Gasteiger partial charge in [-0.05, 0) is 38.2 Å². The Morgan fingerprint density at radius 3 is 2.51 bits per heavy atom. The van der Waals surface area contributed by atoms with Crippen LogP contribution in [0.15, 0.2) is 61.2 Å². The fourth-order valence-electron chi connectivity index (χ4n) is 6.47. The van der Waals surface area contributed by atoms with Crippen LogP contribution in [-0.4, -0.2) is 57.7 Å². The number of piperidine rings is 1. The van der Waals surface area contributed by atoms with Gasteiger partial charge in [-0.15, -0.1) is 10.2 Å². The molecule has 2 bridgehead atoms. The number of benzene rings is 1. The van der Waals surface area contributed by atoms with Gasteiger partial charge in [-0.2, -0.15) is 9.61 Å². The fraction of sp³-hybridized carbons (Fsp3) is 0.310. The van der Waals surface area contributed by atoms with Gasteiger partial charge in [0, 0.05) is 46.5 Å². The number of fused-ring (bicyclic) bond motifs is 3. The molecule has 1 aromatic carbocycles. The Morgan fingerprint density at radius 2 is 1.85 bits per heavy atom. The van der Waals surface area contributed by atoms with Gasteiger partial charge in [0.05, 0.1) is 17.6 Å². The molecule has 7 rings (SSSR count). The van der Waals surface area contributed by atoms with Crippen molar-refractivity contribution in [2.24, 2.45) is 0 Å². The number of nitrogens with two attached hydrogens (primary N) is 1. The molecule has 3 atom stereocenters. The lowest BCUT2D eigenvalue weighted by molar-refractivity contribution is 0.0557. The van der Waals surface area contributed by atoms with Crippen molar-refractivity contribution in [3.8, 4) is 22.4 Å². The number of H-pyrrole nitrogens is 1. The molecule has 0 aliphatic carbocycles. The SMILES string of the molecule is CCc1c([C@@H]2C[C@H]3CC[C@@H](C2)N3C(=O)c2nnc[nH]2)nc2c(-c3ccc(-c4ccccc4)nc3)cnn2c1N. The minimum Gasteiger partial charge on any atom is -0.383 e. The number of rotatable bonds is 5. The Morgan fingerprint density at radius 1 is 1.05 bits per heavy atom. The van der Waals surface area contributed by atoms with Crippen molar-refractivity contribution >= 4 is 17.4 Å². The van der Waals surface area contributed by atoms with Crippen LogP contribution < -0.4 is 5.73 Å². The zero-order valence-corrected chi connectivity index (χ0v) is 21.7. The lowest BCUT2D eigenvalue weighted by Crippen LogP contribution is -2.46. The van der Waals surface area contributed by atoms with Crippen LogP contribution in [-0.2, 0) is 6.42 Å². The molecule has 0 saturated carbocycles. The number of aromatic nitrogens is 7. The summed E-state index contributed by atoms with van der Waals surface area (Å²) in [5, 5.41) is 12.4. The number of hydrogen-bond donors (Lipinski definition) is 2. The number of anilines is 1. The molecule has 2 aliphatic heterocycles. The van der Waals surface area contributed by atoms with E-state index >= 15 is 0 Å². The molecule has 1 amide bonds. The highest BCUT2D eigenvalue weighted by Gasteiger charge is 2.45. The van der Waals surface area contributed by atoms with Gasteiger partial charge in [0.2, 0.25) is 5.82 Å². The molecule has 3 N–H and O–H groups in total. The molecular formula is C29H29N9O. The molecule has 0 radical (unpaired) electrons. The van der Waals surface area contributed by atoms with Crippen LogP contribution in [0.3, 0.4) is 0 Å². The number of nitrogens with one attached hydrogen (secondary N) is 1. The van der Waals surface area contributed by atoms with Crippen LogP contribution in [0.5, 0.6) is 0 Å². The number of amides is 1. The van der Waals surface area contributed by atoms with E-state index in [2.05, 4.69) is 45.4 Å². The number of carbonyl (C=O) groups is 1. The average molecular weight is 520 g/mol. The van der Waals surface area contributed by atoms with Crippen molar-refractivity contribution < 1.29 is 4.79 Å². The second-order valence-electron chi connectivity index (χ2n) is 10.4. The van der Waals surface area contributed by atoms with E-state index in [1.54, 1.807) is 4.52 Å². The zero-order chi connectivity index (χ0) is 26.5. The molecule has 2 aliphatic rings. The molecule has 39 heavy (non-hydrogen) atoms. The van der Waals surface area contributed by atoms with Crippen molar-refractivity contribution in [2.75, 3.05) is 5.73 Å². The van der Waals surface area contributed by atoms with Gasteiger partial charge in [0.15, 0.2) is 5.65 Å². The maximum atomic E-state index is 13.1. The van der Waals surface area contributed by atoms with Crippen LogP contribution >= 0.6 is 0 Å². The first kappa shape index (κ1) is 23.5. The number of carbonyl (C=O) groups excluding carboxylic acids is 1. The highest BCUT2D eigenvalue weighted by Crippen LogP contribution is 2.45. The van der Waals surface area contributed by atoms with Crippen LogP contribution in [0.25, 0.3) is 28.0 Å². The van der Waals surface area contributed by atoms with Crippen LogP contribution in [0.1, 0.15) is 60.4 Å². The summed E-state index contributed by atoms with van der Waals surface area (Å²) in [6.45, 7) is 2.11. The predicted octanol–water partition coefficient (Wildman–Crippen LogP) is 4.27. The van der Waals surface area contributed by atoms with Gasteiger partial charge < -0.3 is 15.6 Å². The summed E-state index contributed by atoms with van der Waals surface area (Å²) < 4.78 is 1.75. The Hall–Kier alpha value is -4.60. The molecule has 10 heteroatoms. The average Bonchev–Trinajstić information content (AvgIpc) is 3.72. The normalized spacial score (nSPS) is 20.5. The highest BCUT2D eigenvalue weighted by molar-refractivity contribution is 5.91. The summed E-state index contributed by atoms with van der Waals surface area (Å²) in [5.74, 6) is 1.08. The highest BCUT2D eigenvalue weighted by atomic mass is 16.2. The molecule has 0 unspecified atom stereocenters. The number of pyridine rings is 1. The lowest BCUT2D eigenvalue weighted by Gasteiger charge is -2.38. The van der Waals surface area contributed by atoms with Gasteiger partial charge in [-0.1, -0.05) is 43.3 Å². The minimum absolute atomic E-state index is 0.0679. The number of hydrogen-bond acceptors (Lipinski definition) is 7. The van der Waals surface area contributed by atoms with Crippen molar-refractivity contribution in [2.45, 2.75) is 57.0 Å². The summed E-state index contributed by atoms with van der Waals surface area (Å²) in [6, 6.07) is 14.5. The van der Waals surface area contributed by atoms with E-state index in [1.165, 1.54) is 6.33 Å². The third-order valence-corrected chi connectivity index (χ3v) is 8.29. The summed E-state index contributed by atoms with van der Waals surface area (Å²) in [6.07, 6.45) is 9.58. The van der Waals surface area contributed by atoms with Crippen LogP contribution in [0.2, 0.25) is 0 Å². The second-order valence-corrected chi connectivity index (χ2v) is 10.4. The largest absolute Gasteiger partial charge is 0.383 e. The third-order valence-electron chi connectivity index (χ3n) is 8.29. The van der Waals surface area contributed by atoms with Crippen molar-refractivity contribution in [3.63, 3.8) is 0 Å². The van der Waals surface area contributed by atoms with E-state index < -0.39 is 0 Å². The number of nitrogen functional groups attached to an aromatic ring is 1. The first-order chi connectivity index (χ1) is 19.1. The molecule has 2 saturated heterocycles. The smallest absolute Gasteiger partial charge is 0.292 e. The molecular weight excluding hydrogens is 490 g/mol. The number of aromatic amines is 1. The Balaban J connectivity index is 1.24. The molecule has 5 aromatic rings. The van der Waals surface area contributed by atoms with E-state index in [1.807, 2.05) is 41.6 Å². The molecule has 196 valence electrons.